The van der Waals surface area contributed by atoms with E-state index in [0.717, 1.165) is 37.7 Å². The summed E-state index contributed by atoms with van der Waals surface area (Å²) in [6.07, 6.45) is 5.25. The van der Waals surface area contributed by atoms with Gasteiger partial charge < -0.3 is 17.4 Å². The van der Waals surface area contributed by atoms with E-state index < -0.39 is 28.3 Å². The fourth-order valence-electron chi connectivity index (χ4n) is 5.58. The van der Waals surface area contributed by atoms with Crippen LogP contribution >= 0.6 is 0 Å². The quantitative estimate of drug-likeness (QED) is 0.167. The molecule has 0 N–H and O–H groups in total. The molecule has 35 heavy (non-hydrogen) atoms. The molecule has 1 aliphatic heterocycles. The maximum atomic E-state index is 14.4. The van der Waals surface area contributed by atoms with E-state index in [0.29, 0.717) is 18.7 Å². The molecule has 2 aromatic carbocycles. The molecule has 4 nitrogen and oxygen atoms in total. The number of piperidine rings is 1. The van der Waals surface area contributed by atoms with Crippen molar-refractivity contribution in [1.82, 2.24) is 4.48 Å². The largest absolute Gasteiger partial charge is 0.736 e. The fraction of sp³-hybridized carbons (Fsp3) is 0.500. The first-order valence-electron chi connectivity index (χ1n) is 13.0. The second kappa shape index (κ2) is 11.6. The predicted octanol–water partition coefficient (Wildman–Crippen LogP) is 6.35. The molecule has 1 heterocycles. The first-order chi connectivity index (χ1) is 16.7. The van der Waals surface area contributed by atoms with Crippen molar-refractivity contribution >= 4 is 35.1 Å². The zero-order valence-electron chi connectivity index (χ0n) is 21.5. The number of carbonyl (C=O) groups is 3. The lowest BCUT2D eigenvalue weighted by atomic mass is 9.74. The molecule has 0 bridgehead atoms. The Morgan fingerprint density at radius 2 is 1.54 bits per heavy atom. The first kappa shape index (κ1) is 27.2. The number of amides is 1. The van der Waals surface area contributed by atoms with Crippen molar-refractivity contribution < 1.29 is 14.4 Å². The fourth-order valence-corrected chi connectivity index (χ4v) is 5.95. The minimum atomic E-state index is -0.816. The lowest BCUT2D eigenvalue weighted by Crippen LogP contribution is -2.72. The number of nitrogens with zero attached hydrogens (tertiary/aromatic N) is 1. The van der Waals surface area contributed by atoms with E-state index in [9.17, 15) is 14.4 Å². The van der Waals surface area contributed by atoms with Gasteiger partial charge in [0.15, 0.2) is 0 Å². The number of rotatable bonds is 10. The molecule has 0 aliphatic carbocycles. The molecule has 0 saturated carbocycles. The van der Waals surface area contributed by atoms with Gasteiger partial charge in [-0.1, -0.05) is 95.5 Å². The van der Waals surface area contributed by atoms with E-state index in [-0.39, 0.29) is 16.3 Å². The molecule has 3 rings (SSSR count). The third kappa shape index (κ3) is 5.57. The molecule has 5 heteroatoms. The van der Waals surface area contributed by atoms with Crippen LogP contribution in [-0.2, 0) is 27.0 Å². The van der Waals surface area contributed by atoms with E-state index in [1.807, 2.05) is 69.3 Å². The van der Waals surface area contributed by atoms with Gasteiger partial charge in [-0.3, -0.25) is 4.79 Å². The maximum Gasteiger partial charge on any atom is 0.387 e. The molecule has 4 atom stereocenters. The summed E-state index contributed by atoms with van der Waals surface area (Å²) in [6, 6.07) is 18.8. The normalized spacial score (nSPS) is 24.6. The molecular weight excluding hydrogens is 454 g/mol. The molecule has 4 unspecified atom stereocenters. The molecule has 188 valence electrons. The first-order valence-corrected chi connectivity index (χ1v) is 13.4. The van der Waals surface area contributed by atoms with Gasteiger partial charge in [-0.25, -0.2) is 9.28 Å². The molecule has 0 spiro atoms. The summed E-state index contributed by atoms with van der Waals surface area (Å²) in [4.78, 5) is 41.4. The summed E-state index contributed by atoms with van der Waals surface area (Å²) >= 11 is 5.37. The second-order valence-electron chi connectivity index (χ2n) is 10.6. The summed E-state index contributed by atoms with van der Waals surface area (Å²) < 4.78 is -0.304. The molecule has 1 amide bonds. The van der Waals surface area contributed by atoms with Crippen molar-refractivity contribution in [3.8, 4) is 0 Å². The molecular formula is C30H39NO3S. The maximum absolute atomic E-state index is 14.4. The minimum Gasteiger partial charge on any atom is -0.736 e. The average molecular weight is 494 g/mol. The number of Topliss-reactive ketones (excluding diaryl/α,β-unsaturated/α-hetero) is 1. The molecule has 0 radical (unpaired) electrons. The summed E-state index contributed by atoms with van der Waals surface area (Å²) in [7, 11) is 0. The number of para-hydroxylation sites is 1. The summed E-state index contributed by atoms with van der Waals surface area (Å²) in [5.41, 5.74) is 1.00. The van der Waals surface area contributed by atoms with Gasteiger partial charge in [0.25, 0.3) is 5.78 Å². The SMILES string of the molecule is CCCCCC1CC(c2ccccc2)C[N+](C(=O)C(=O)C(C)(C)CC)(c2ccccc2)C1C(=O)[S-]. The minimum absolute atomic E-state index is 0.0371. The number of ketones is 1. The van der Waals surface area contributed by atoms with Gasteiger partial charge in [0.05, 0.1) is 11.7 Å². The highest BCUT2D eigenvalue weighted by molar-refractivity contribution is 7.77. The van der Waals surface area contributed by atoms with Crippen LogP contribution in [0.5, 0.6) is 0 Å². The van der Waals surface area contributed by atoms with Crippen molar-refractivity contribution in [3.05, 3.63) is 66.2 Å². The highest BCUT2D eigenvalue weighted by atomic mass is 32.1. The Morgan fingerprint density at radius 3 is 2.09 bits per heavy atom. The third-order valence-corrected chi connectivity index (χ3v) is 8.22. The van der Waals surface area contributed by atoms with Gasteiger partial charge in [0.2, 0.25) is 0 Å². The summed E-state index contributed by atoms with van der Waals surface area (Å²) in [5.74, 6) is -0.971. The number of benzene rings is 2. The Kier molecular flexibility index (Phi) is 9.00. The lowest BCUT2D eigenvalue weighted by Gasteiger charge is -2.51. The number of unbranched alkanes of at least 4 members (excludes halogenated alkanes) is 2. The monoisotopic (exact) mass is 493 g/mol. The van der Waals surface area contributed by atoms with Gasteiger partial charge in [0.1, 0.15) is 11.7 Å². The smallest absolute Gasteiger partial charge is 0.387 e. The second-order valence-corrected chi connectivity index (χ2v) is 11.0. The number of hydrogen-bond acceptors (Lipinski definition) is 4. The van der Waals surface area contributed by atoms with Gasteiger partial charge in [-0.05, 0) is 37.0 Å². The van der Waals surface area contributed by atoms with E-state index in [1.165, 1.54) is 0 Å². The van der Waals surface area contributed by atoms with Crippen LogP contribution in [0.4, 0.5) is 5.69 Å². The Bertz CT molecular complexity index is 1020. The summed E-state index contributed by atoms with van der Waals surface area (Å²) in [6.45, 7) is 8.07. The standard InChI is InChI=1S/C30H39NO3S/c1-5-7-10-17-23-20-24(22-15-11-8-12-16-22)21-31(26(23)29(34)35,25-18-13-9-14-19-25)28(33)27(32)30(3,4)6-2/h8-9,11-16,18-19,23-24,26H,5-7,10,17,20-21H2,1-4H3. The van der Waals surface area contributed by atoms with Crippen molar-refractivity contribution in [2.45, 2.75) is 78.2 Å². The highest BCUT2D eigenvalue weighted by Gasteiger charge is 2.58. The molecule has 0 aromatic heterocycles. The molecule has 1 aliphatic rings. The predicted molar refractivity (Wildman–Crippen MR) is 145 cm³/mol. The van der Waals surface area contributed by atoms with Crippen LogP contribution in [0.25, 0.3) is 0 Å². The van der Waals surface area contributed by atoms with E-state index >= 15 is 0 Å². The number of likely N-dealkylation sites (tertiary alicyclic amines) is 1. The van der Waals surface area contributed by atoms with Crippen LogP contribution in [0.3, 0.4) is 0 Å². The number of quaternary nitrogens is 1. The van der Waals surface area contributed by atoms with Gasteiger partial charge in [0, 0.05) is 17.3 Å². The highest BCUT2D eigenvalue weighted by Crippen LogP contribution is 2.45. The van der Waals surface area contributed by atoms with Gasteiger partial charge >= 0.3 is 5.91 Å². The zero-order valence-corrected chi connectivity index (χ0v) is 22.4. The Balaban J connectivity index is 2.25. The van der Waals surface area contributed by atoms with Crippen LogP contribution in [0.2, 0.25) is 0 Å². The molecule has 1 fully saturated rings. The molecule has 2 aromatic rings. The van der Waals surface area contributed by atoms with Crippen molar-refractivity contribution in [2.75, 3.05) is 6.54 Å². The average Bonchev–Trinajstić information content (AvgIpc) is 2.88. The van der Waals surface area contributed by atoms with Crippen molar-refractivity contribution in [1.29, 1.82) is 0 Å². The molecule has 1 saturated heterocycles. The van der Waals surface area contributed by atoms with Gasteiger partial charge in [-0.15, -0.1) is 0 Å². The number of hydrogen-bond donors (Lipinski definition) is 0. The number of carbonyl (C=O) groups excluding carboxylic acids is 3. The van der Waals surface area contributed by atoms with E-state index in [2.05, 4.69) is 19.1 Å². The van der Waals surface area contributed by atoms with Crippen LogP contribution in [0.15, 0.2) is 60.7 Å². The van der Waals surface area contributed by atoms with E-state index in [1.54, 1.807) is 0 Å². The Labute approximate surface area is 216 Å². The zero-order chi connectivity index (χ0) is 25.6. The summed E-state index contributed by atoms with van der Waals surface area (Å²) in [5, 5.41) is -0.419. The van der Waals surface area contributed by atoms with E-state index in [4.69, 9.17) is 12.6 Å². The van der Waals surface area contributed by atoms with Crippen LogP contribution in [0.1, 0.15) is 77.7 Å². The van der Waals surface area contributed by atoms with Crippen molar-refractivity contribution in [3.63, 3.8) is 0 Å². The third-order valence-electron chi connectivity index (χ3n) is 7.98. The Hall–Kier alpha value is -2.37. The van der Waals surface area contributed by atoms with Crippen LogP contribution in [-0.4, -0.2) is 29.4 Å². The Morgan fingerprint density at radius 1 is 0.943 bits per heavy atom. The lowest BCUT2D eigenvalue weighted by molar-refractivity contribution is -0.153. The topological polar surface area (TPSA) is 51.2 Å². The van der Waals surface area contributed by atoms with Gasteiger partial charge in [-0.2, -0.15) is 0 Å². The van der Waals surface area contributed by atoms with Crippen LogP contribution in [0, 0.1) is 11.3 Å². The van der Waals surface area contributed by atoms with Crippen molar-refractivity contribution in [2.24, 2.45) is 11.3 Å². The van der Waals surface area contributed by atoms with Crippen LogP contribution < -0.4 is 4.48 Å².